The van der Waals surface area contributed by atoms with Gasteiger partial charge in [-0.05, 0) is 6.42 Å². The zero-order valence-corrected chi connectivity index (χ0v) is 9.49. The molecular formula is C9H12BrN3O. The summed E-state index contributed by atoms with van der Waals surface area (Å²) in [6, 6.07) is 0.155. The Balaban J connectivity index is 2.59. The quantitative estimate of drug-likeness (QED) is 0.830. The van der Waals surface area contributed by atoms with Crippen LogP contribution in [0.1, 0.15) is 23.7 Å². The minimum atomic E-state index is -0.128. The van der Waals surface area contributed by atoms with Crippen molar-refractivity contribution >= 4 is 21.8 Å². The van der Waals surface area contributed by atoms with Gasteiger partial charge in [0.05, 0.1) is 5.56 Å². The van der Waals surface area contributed by atoms with Crippen molar-refractivity contribution in [1.82, 2.24) is 15.3 Å². The fourth-order valence-electron chi connectivity index (χ4n) is 0.935. The molecule has 0 aromatic carbocycles. The average molecular weight is 258 g/mol. The van der Waals surface area contributed by atoms with E-state index in [1.807, 2.05) is 6.92 Å². The first-order valence-electron chi connectivity index (χ1n) is 4.39. The maximum Gasteiger partial charge on any atom is 0.254 e. The molecule has 14 heavy (non-hydrogen) atoms. The van der Waals surface area contributed by atoms with E-state index in [4.69, 9.17) is 0 Å². The Hall–Kier alpha value is -0.970. The summed E-state index contributed by atoms with van der Waals surface area (Å²) in [5, 5.41) is 3.62. The maximum absolute atomic E-state index is 11.6. The average Bonchev–Trinajstić information content (AvgIpc) is 2.26. The summed E-state index contributed by atoms with van der Waals surface area (Å²) in [4.78, 5) is 19.1. The van der Waals surface area contributed by atoms with Gasteiger partial charge in [0, 0.05) is 23.8 Å². The molecule has 0 aliphatic heterocycles. The third kappa shape index (κ3) is 3.06. The Kier molecular flexibility index (Phi) is 4.52. The van der Waals surface area contributed by atoms with Gasteiger partial charge >= 0.3 is 0 Å². The molecule has 4 nitrogen and oxygen atoms in total. The largest absolute Gasteiger partial charge is 0.348 e. The van der Waals surface area contributed by atoms with E-state index < -0.39 is 0 Å². The zero-order valence-electron chi connectivity index (χ0n) is 7.90. The summed E-state index contributed by atoms with van der Waals surface area (Å²) in [5.74, 6) is -0.128. The standard InChI is InChI=1S/C9H12BrN3O/c1-2-8(3-10)13-9(14)7-4-11-6-12-5-7/h4-6,8H,2-3H2,1H3,(H,13,14). The van der Waals surface area contributed by atoms with Gasteiger partial charge in [0.25, 0.3) is 5.91 Å². The Morgan fingerprint density at radius 2 is 2.21 bits per heavy atom. The molecule has 0 radical (unpaired) electrons. The second-order valence-corrected chi connectivity index (χ2v) is 3.51. The molecule has 0 fully saturated rings. The molecule has 0 spiro atoms. The van der Waals surface area contributed by atoms with Crippen molar-refractivity contribution in [2.45, 2.75) is 19.4 Å². The Labute approximate surface area is 91.3 Å². The van der Waals surface area contributed by atoms with Crippen LogP contribution in [0.4, 0.5) is 0 Å². The molecule has 0 bridgehead atoms. The first-order chi connectivity index (χ1) is 6.77. The minimum Gasteiger partial charge on any atom is -0.348 e. The van der Waals surface area contributed by atoms with E-state index in [1.54, 1.807) is 0 Å². The SMILES string of the molecule is CCC(CBr)NC(=O)c1cncnc1. The molecule has 0 aliphatic carbocycles. The lowest BCUT2D eigenvalue weighted by molar-refractivity contribution is 0.0939. The van der Waals surface area contributed by atoms with Gasteiger partial charge in [-0.1, -0.05) is 22.9 Å². The molecule has 1 N–H and O–H groups in total. The zero-order chi connectivity index (χ0) is 10.4. The molecule has 0 saturated heterocycles. The Morgan fingerprint density at radius 3 is 2.71 bits per heavy atom. The van der Waals surface area contributed by atoms with Crippen molar-refractivity contribution in [3.8, 4) is 0 Å². The van der Waals surface area contributed by atoms with Gasteiger partial charge in [0.2, 0.25) is 0 Å². The lowest BCUT2D eigenvalue weighted by atomic mass is 10.2. The van der Waals surface area contributed by atoms with Gasteiger partial charge in [-0.3, -0.25) is 4.79 Å². The van der Waals surface area contributed by atoms with Gasteiger partial charge in [-0.25, -0.2) is 9.97 Å². The number of nitrogens with one attached hydrogen (secondary N) is 1. The Bertz CT molecular complexity index is 287. The molecular weight excluding hydrogens is 246 g/mol. The summed E-state index contributed by atoms with van der Waals surface area (Å²) in [6.07, 6.45) is 5.30. The van der Waals surface area contributed by atoms with Crippen molar-refractivity contribution in [2.75, 3.05) is 5.33 Å². The van der Waals surface area contributed by atoms with Crippen LogP contribution in [0, 0.1) is 0 Å². The van der Waals surface area contributed by atoms with E-state index in [1.165, 1.54) is 18.7 Å². The van der Waals surface area contributed by atoms with Crippen molar-refractivity contribution in [3.63, 3.8) is 0 Å². The summed E-state index contributed by atoms with van der Waals surface area (Å²) < 4.78 is 0. The number of aromatic nitrogens is 2. The summed E-state index contributed by atoms with van der Waals surface area (Å²) in [7, 11) is 0. The molecule has 1 atom stereocenters. The fraction of sp³-hybridized carbons (Fsp3) is 0.444. The second kappa shape index (κ2) is 5.70. The second-order valence-electron chi connectivity index (χ2n) is 2.86. The molecule has 76 valence electrons. The highest BCUT2D eigenvalue weighted by Gasteiger charge is 2.10. The highest BCUT2D eigenvalue weighted by molar-refractivity contribution is 9.09. The van der Waals surface area contributed by atoms with Crippen LogP contribution < -0.4 is 5.32 Å². The molecule has 1 rings (SSSR count). The van der Waals surface area contributed by atoms with Crippen molar-refractivity contribution in [3.05, 3.63) is 24.3 Å². The van der Waals surface area contributed by atoms with E-state index in [-0.39, 0.29) is 11.9 Å². The number of hydrogen-bond donors (Lipinski definition) is 1. The number of hydrogen-bond acceptors (Lipinski definition) is 3. The van der Waals surface area contributed by atoms with Crippen LogP contribution in [0.3, 0.4) is 0 Å². The first kappa shape index (κ1) is 11.1. The molecule has 1 aromatic heterocycles. The molecule has 1 heterocycles. The summed E-state index contributed by atoms with van der Waals surface area (Å²) in [5.41, 5.74) is 0.493. The van der Waals surface area contributed by atoms with Crippen molar-refractivity contribution in [2.24, 2.45) is 0 Å². The molecule has 0 saturated carbocycles. The monoisotopic (exact) mass is 257 g/mol. The minimum absolute atomic E-state index is 0.128. The van der Waals surface area contributed by atoms with Crippen molar-refractivity contribution < 1.29 is 4.79 Å². The number of carbonyl (C=O) groups is 1. The molecule has 5 heteroatoms. The highest BCUT2D eigenvalue weighted by Crippen LogP contribution is 1.99. The van der Waals surface area contributed by atoms with Gasteiger partial charge in [-0.2, -0.15) is 0 Å². The number of nitrogens with zero attached hydrogens (tertiary/aromatic N) is 2. The fourth-order valence-corrected chi connectivity index (χ4v) is 1.55. The van der Waals surface area contributed by atoms with E-state index in [0.717, 1.165) is 11.8 Å². The number of alkyl halides is 1. The van der Waals surface area contributed by atoms with Crippen LogP contribution in [0.25, 0.3) is 0 Å². The third-order valence-electron chi connectivity index (χ3n) is 1.84. The van der Waals surface area contributed by atoms with Crippen molar-refractivity contribution in [1.29, 1.82) is 0 Å². The van der Waals surface area contributed by atoms with E-state index in [2.05, 4.69) is 31.2 Å². The topological polar surface area (TPSA) is 54.9 Å². The number of rotatable bonds is 4. The van der Waals surface area contributed by atoms with Gasteiger partial charge in [-0.15, -0.1) is 0 Å². The van der Waals surface area contributed by atoms with Gasteiger partial charge in [0.1, 0.15) is 6.33 Å². The van der Waals surface area contributed by atoms with E-state index in [0.29, 0.717) is 5.56 Å². The van der Waals surface area contributed by atoms with E-state index >= 15 is 0 Å². The molecule has 1 aromatic rings. The van der Waals surface area contributed by atoms with Crippen LogP contribution in [0.15, 0.2) is 18.7 Å². The first-order valence-corrected chi connectivity index (χ1v) is 5.52. The highest BCUT2D eigenvalue weighted by atomic mass is 79.9. The lowest BCUT2D eigenvalue weighted by Crippen LogP contribution is -2.35. The number of carbonyl (C=O) groups excluding carboxylic acids is 1. The van der Waals surface area contributed by atoms with Crippen LogP contribution in [0.2, 0.25) is 0 Å². The predicted octanol–water partition coefficient (Wildman–Crippen LogP) is 1.38. The number of halogens is 1. The summed E-state index contributed by atoms with van der Waals surface area (Å²) >= 11 is 3.33. The summed E-state index contributed by atoms with van der Waals surface area (Å²) in [6.45, 7) is 2.02. The molecule has 1 amide bonds. The van der Waals surface area contributed by atoms with Crippen LogP contribution in [0.5, 0.6) is 0 Å². The molecule has 0 aliphatic rings. The van der Waals surface area contributed by atoms with Gasteiger partial charge in [0.15, 0.2) is 0 Å². The predicted molar refractivity (Wildman–Crippen MR) is 57.4 cm³/mol. The lowest BCUT2D eigenvalue weighted by Gasteiger charge is -2.13. The normalized spacial score (nSPS) is 12.1. The van der Waals surface area contributed by atoms with E-state index in [9.17, 15) is 4.79 Å². The van der Waals surface area contributed by atoms with Crippen LogP contribution in [-0.4, -0.2) is 27.2 Å². The Morgan fingerprint density at radius 1 is 1.57 bits per heavy atom. The third-order valence-corrected chi connectivity index (χ3v) is 2.62. The van der Waals surface area contributed by atoms with Gasteiger partial charge < -0.3 is 5.32 Å². The van der Waals surface area contributed by atoms with Crippen LogP contribution in [-0.2, 0) is 0 Å². The maximum atomic E-state index is 11.6. The smallest absolute Gasteiger partial charge is 0.254 e. The molecule has 1 unspecified atom stereocenters. The van der Waals surface area contributed by atoms with Crippen LogP contribution >= 0.6 is 15.9 Å². The number of amides is 1.